The van der Waals surface area contributed by atoms with Gasteiger partial charge in [0.25, 0.3) is 10.2 Å². The zero-order chi connectivity index (χ0) is 15.1. The third-order valence-corrected chi connectivity index (χ3v) is 5.25. The maximum absolute atomic E-state index is 12.1. The van der Waals surface area contributed by atoms with Gasteiger partial charge in [-0.1, -0.05) is 30.3 Å². The summed E-state index contributed by atoms with van der Waals surface area (Å²) in [4.78, 5) is 0. The zero-order valence-corrected chi connectivity index (χ0v) is 13.3. The lowest BCUT2D eigenvalue weighted by Gasteiger charge is -2.18. The molecular formula is C15H24N2O3S. The van der Waals surface area contributed by atoms with Gasteiger partial charge in [-0.15, -0.1) is 0 Å². The quantitative estimate of drug-likeness (QED) is 0.798. The average molecular weight is 312 g/mol. The number of hydrogen-bond donors (Lipinski definition) is 1. The molecule has 1 saturated heterocycles. The summed E-state index contributed by atoms with van der Waals surface area (Å²) in [6.45, 7) is 1.68. The predicted molar refractivity (Wildman–Crippen MR) is 83.0 cm³/mol. The van der Waals surface area contributed by atoms with E-state index in [0.29, 0.717) is 19.2 Å². The highest BCUT2D eigenvalue weighted by Gasteiger charge is 2.19. The molecule has 0 radical (unpaired) electrons. The van der Waals surface area contributed by atoms with Crippen molar-refractivity contribution < 1.29 is 13.2 Å². The summed E-state index contributed by atoms with van der Waals surface area (Å²) in [6, 6.07) is 9.51. The number of hydrogen-bond acceptors (Lipinski definition) is 3. The van der Waals surface area contributed by atoms with E-state index in [1.165, 1.54) is 4.31 Å². The molecule has 1 aliphatic rings. The van der Waals surface area contributed by atoms with E-state index in [2.05, 4.69) is 4.72 Å². The van der Waals surface area contributed by atoms with Crippen LogP contribution in [0.1, 0.15) is 31.2 Å². The van der Waals surface area contributed by atoms with Crippen molar-refractivity contribution in [1.82, 2.24) is 9.03 Å². The third kappa shape index (κ3) is 5.39. The molecular weight excluding hydrogens is 288 g/mol. The van der Waals surface area contributed by atoms with Crippen molar-refractivity contribution in [3.63, 3.8) is 0 Å². The molecule has 5 nitrogen and oxygen atoms in total. The summed E-state index contributed by atoms with van der Waals surface area (Å²) < 4.78 is 33.8. The first-order valence-corrected chi connectivity index (χ1v) is 8.88. The number of rotatable bonds is 8. The van der Waals surface area contributed by atoms with Crippen LogP contribution < -0.4 is 4.72 Å². The van der Waals surface area contributed by atoms with Gasteiger partial charge in [0.15, 0.2) is 0 Å². The van der Waals surface area contributed by atoms with Gasteiger partial charge in [0.1, 0.15) is 0 Å². The first kappa shape index (κ1) is 16.4. The standard InChI is InChI=1S/C15H24N2O3S/c1-17(11-5-9-15-10-6-12-20-15)21(18,19)16-13-14-7-3-2-4-8-14/h2-4,7-8,15-16H,5-6,9-13H2,1H3. The van der Waals surface area contributed by atoms with Gasteiger partial charge >= 0.3 is 0 Å². The van der Waals surface area contributed by atoms with Crippen molar-refractivity contribution in [2.24, 2.45) is 0 Å². The van der Waals surface area contributed by atoms with E-state index < -0.39 is 10.2 Å². The minimum Gasteiger partial charge on any atom is -0.378 e. The average Bonchev–Trinajstić information content (AvgIpc) is 2.99. The molecule has 1 N–H and O–H groups in total. The number of nitrogens with one attached hydrogen (secondary N) is 1. The fourth-order valence-corrected chi connectivity index (χ4v) is 3.35. The normalized spacial score (nSPS) is 19.2. The van der Waals surface area contributed by atoms with E-state index in [0.717, 1.165) is 37.9 Å². The predicted octanol–water partition coefficient (Wildman–Crippen LogP) is 1.91. The Hall–Kier alpha value is -0.950. The lowest BCUT2D eigenvalue weighted by atomic mass is 10.1. The Morgan fingerprint density at radius 3 is 2.76 bits per heavy atom. The van der Waals surface area contributed by atoms with E-state index in [-0.39, 0.29) is 0 Å². The minimum atomic E-state index is -3.41. The SMILES string of the molecule is CN(CCCC1CCCO1)S(=O)(=O)NCc1ccccc1. The lowest BCUT2D eigenvalue weighted by Crippen LogP contribution is -2.38. The van der Waals surface area contributed by atoms with E-state index in [1.54, 1.807) is 7.05 Å². The second-order valence-electron chi connectivity index (χ2n) is 5.41. The minimum absolute atomic E-state index is 0.318. The molecule has 1 atom stereocenters. The Labute approximate surface area is 127 Å². The smallest absolute Gasteiger partial charge is 0.279 e. The summed E-state index contributed by atoms with van der Waals surface area (Å²) in [5.41, 5.74) is 0.953. The molecule has 1 aromatic carbocycles. The van der Waals surface area contributed by atoms with Gasteiger partial charge in [-0.3, -0.25) is 0 Å². The van der Waals surface area contributed by atoms with E-state index in [4.69, 9.17) is 4.74 Å². The van der Waals surface area contributed by atoms with E-state index >= 15 is 0 Å². The number of benzene rings is 1. The van der Waals surface area contributed by atoms with Crippen molar-refractivity contribution in [1.29, 1.82) is 0 Å². The zero-order valence-electron chi connectivity index (χ0n) is 12.5. The van der Waals surface area contributed by atoms with Gasteiger partial charge < -0.3 is 4.74 Å². The van der Waals surface area contributed by atoms with Gasteiger partial charge in [0.2, 0.25) is 0 Å². The molecule has 0 amide bonds. The summed E-state index contributed by atoms with van der Waals surface area (Å²) >= 11 is 0. The molecule has 2 rings (SSSR count). The fraction of sp³-hybridized carbons (Fsp3) is 0.600. The highest BCUT2D eigenvalue weighted by atomic mass is 32.2. The third-order valence-electron chi connectivity index (χ3n) is 3.73. The van der Waals surface area contributed by atoms with Gasteiger partial charge in [0, 0.05) is 26.7 Å². The summed E-state index contributed by atoms with van der Waals surface area (Å²) in [5, 5.41) is 0. The van der Waals surface area contributed by atoms with E-state index in [1.807, 2.05) is 30.3 Å². The van der Waals surface area contributed by atoms with Crippen LogP contribution in [0.15, 0.2) is 30.3 Å². The van der Waals surface area contributed by atoms with Gasteiger partial charge in [-0.25, -0.2) is 0 Å². The van der Waals surface area contributed by atoms with Crippen LogP contribution in [0, 0.1) is 0 Å². The Morgan fingerprint density at radius 2 is 2.10 bits per heavy atom. The van der Waals surface area contributed by atoms with Crippen LogP contribution in [-0.2, 0) is 21.5 Å². The summed E-state index contributed by atoms with van der Waals surface area (Å²) in [6.07, 6.45) is 4.30. The molecule has 118 valence electrons. The Balaban J connectivity index is 1.72. The van der Waals surface area contributed by atoms with Gasteiger partial charge in [-0.2, -0.15) is 17.4 Å². The molecule has 1 unspecified atom stereocenters. The second-order valence-corrected chi connectivity index (χ2v) is 7.27. The molecule has 6 heteroatoms. The molecule has 1 fully saturated rings. The first-order chi connectivity index (χ1) is 10.1. The van der Waals surface area contributed by atoms with Crippen LogP contribution in [-0.4, -0.2) is 39.0 Å². The van der Waals surface area contributed by atoms with E-state index in [9.17, 15) is 8.42 Å². The Kier molecular flexibility index (Phi) is 6.17. The van der Waals surface area contributed by atoms with Crippen molar-refractivity contribution in [3.8, 4) is 0 Å². The molecule has 1 heterocycles. The summed E-state index contributed by atoms with van der Waals surface area (Å²) in [7, 11) is -1.80. The van der Waals surface area contributed by atoms with Crippen molar-refractivity contribution in [2.75, 3.05) is 20.2 Å². The highest BCUT2D eigenvalue weighted by Crippen LogP contribution is 2.17. The maximum Gasteiger partial charge on any atom is 0.279 e. The van der Waals surface area contributed by atoms with Crippen LogP contribution in [0.5, 0.6) is 0 Å². The van der Waals surface area contributed by atoms with Gasteiger partial charge in [-0.05, 0) is 31.2 Å². The maximum atomic E-state index is 12.1. The number of ether oxygens (including phenoxy) is 1. The number of nitrogens with zero attached hydrogens (tertiary/aromatic N) is 1. The molecule has 0 bridgehead atoms. The molecule has 0 saturated carbocycles. The highest BCUT2D eigenvalue weighted by molar-refractivity contribution is 7.87. The molecule has 0 spiro atoms. The van der Waals surface area contributed by atoms with Crippen LogP contribution in [0.2, 0.25) is 0 Å². The molecule has 1 aromatic rings. The molecule has 1 aliphatic heterocycles. The van der Waals surface area contributed by atoms with Crippen molar-refractivity contribution >= 4 is 10.2 Å². The Bertz CT molecular complexity index is 513. The largest absolute Gasteiger partial charge is 0.378 e. The lowest BCUT2D eigenvalue weighted by molar-refractivity contribution is 0.101. The second kappa shape index (κ2) is 7.89. The molecule has 0 aliphatic carbocycles. The molecule has 21 heavy (non-hydrogen) atoms. The van der Waals surface area contributed by atoms with Gasteiger partial charge in [0.05, 0.1) is 6.10 Å². The van der Waals surface area contributed by atoms with Crippen molar-refractivity contribution in [3.05, 3.63) is 35.9 Å². The van der Waals surface area contributed by atoms with Crippen LogP contribution >= 0.6 is 0 Å². The van der Waals surface area contributed by atoms with Crippen LogP contribution in [0.25, 0.3) is 0 Å². The molecule has 0 aromatic heterocycles. The van der Waals surface area contributed by atoms with Crippen molar-refractivity contribution in [2.45, 2.75) is 38.3 Å². The van der Waals surface area contributed by atoms with Crippen LogP contribution in [0.4, 0.5) is 0 Å². The monoisotopic (exact) mass is 312 g/mol. The van der Waals surface area contributed by atoms with Crippen LogP contribution in [0.3, 0.4) is 0 Å². The first-order valence-electron chi connectivity index (χ1n) is 7.44. The summed E-state index contributed by atoms with van der Waals surface area (Å²) in [5.74, 6) is 0. The topological polar surface area (TPSA) is 58.6 Å². The Morgan fingerprint density at radius 1 is 1.33 bits per heavy atom. The fourth-order valence-electron chi connectivity index (χ4n) is 2.41.